The van der Waals surface area contributed by atoms with Crippen molar-refractivity contribution in [2.75, 3.05) is 24.3 Å². The van der Waals surface area contributed by atoms with Crippen molar-refractivity contribution in [1.29, 1.82) is 0 Å². The van der Waals surface area contributed by atoms with Gasteiger partial charge >= 0.3 is 12.2 Å². The third-order valence-corrected chi connectivity index (χ3v) is 9.30. The molecule has 0 aromatic heterocycles. The second kappa shape index (κ2) is 15.8. The fraction of sp³-hybridized carbons (Fsp3) is 0.459. The third-order valence-electron chi connectivity index (χ3n) is 9.30. The van der Waals surface area contributed by atoms with Crippen molar-refractivity contribution < 1.29 is 37.0 Å². The molecule has 2 aliphatic heterocycles. The van der Waals surface area contributed by atoms with Crippen LogP contribution in [-0.4, -0.2) is 54.5 Å². The van der Waals surface area contributed by atoms with E-state index in [0.29, 0.717) is 46.5 Å². The van der Waals surface area contributed by atoms with Gasteiger partial charge in [0.2, 0.25) is 0 Å². The fourth-order valence-corrected chi connectivity index (χ4v) is 6.71. The molecule has 3 amide bonds. The zero-order valence-electron chi connectivity index (χ0n) is 28.2. The maximum atomic E-state index is 13.0. The molecular formula is C37H45F3N4O5. The number of carbonyl (C=O) groups excluding carboxylic acids is 2. The molecule has 9 nitrogen and oxygen atoms in total. The van der Waals surface area contributed by atoms with E-state index in [0.717, 1.165) is 44.9 Å². The number of ether oxygens (including phenoxy) is 3. The van der Waals surface area contributed by atoms with Gasteiger partial charge < -0.3 is 30.2 Å². The van der Waals surface area contributed by atoms with E-state index in [4.69, 9.17) is 14.2 Å². The van der Waals surface area contributed by atoms with Crippen LogP contribution in [-0.2, 0) is 0 Å². The monoisotopic (exact) mass is 682 g/mol. The summed E-state index contributed by atoms with van der Waals surface area (Å²) in [6.45, 7) is 4.39. The molecule has 3 aromatic carbocycles. The first-order valence-electron chi connectivity index (χ1n) is 17.0. The minimum absolute atomic E-state index is 0.0520. The molecule has 2 atom stereocenters. The predicted molar refractivity (Wildman–Crippen MR) is 183 cm³/mol. The number of benzene rings is 3. The van der Waals surface area contributed by atoms with Crippen LogP contribution in [0.5, 0.6) is 23.0 Å². The van der Waals surface area contributed by atoms with Crippen molar-refractivity contribution in [3.8, 4) is 23.0 Å². The zero-order valence-corrected chi connectivity index (χ0v) is 28.2. The van der Waals surface area contributed by atoms with Crippen molar-refractivity contribution in [3.63, 3.8) is 0 Å². The molecule has 2 bridgehead atoms. The first-order chi connectivity index (χ1) is 23.5. The molecule has 2 aliphatic rings. The Kier molecular flexibility index (Phi) is 11.6. The number of halogens is 3. The lowest BCUT2D eigenvalue weighted by molar-refractivity contribution is -0.142. The molecule has 264 valence electrons. The number of nitrogens with one attached hydrogen (secondary N) is 3. The summed E-state index contributed by atoms with van der Waals surface area (Å²) in [6.07, 6.45) is 1.17. The largest absolute Gasteiger partial charge is 0.493 e. The Bertz CT molecular complexity index is 1560. The molecule has 49 heavy (non-hydrogen) atoms. The molecular weight excluding hydrogens is 637 g/mol. The van der Waals surface area contributed by atoms with Gasteiger partial charge in [0.05, 0.1) is 7.11 Å². The van der Waals surface area contributed by atoms with Gasteiger partial charge in [0, 0.05) is 60.9 Å². The van der Waals surface area contributed by atoms with Crippen LogP contribution in [0.25, 0.3) is 0 Å². The molecule has 0 radical (unpaired) electrons. The molecule has 0 spiro atoms. The van der Waals surface area contributed by atoms with Crippen molar-refractivity contribution in [2.45, 2.75) is 95.6 Å². The second-order valence-electron chi connectivity index (χ2n) is 12.6. The molecule has 2 saturated heterocycles. The number of amides is 3. The minimum atomic E-state index is -4.16. The van der Waals surface area contributed by atoms with Gasteiger partial charge in [-0.15, -0.1) is 0 Å². The predicted octanol–water partition coefficient (Wildman–Crippen LogP) is 9.12. The topological polar surface area (TPSA) is 101 Å². The summed E-state index contributed by atoms with van der Waals surface area (Å²) in [5.74, 6) is 1.70. The van der Waals surface area contributed by atoms with Crippen LogP contribution in [0.4, 0.5) is 29.3 Å². The number of carbonyl (C=O) groups is 2. The van der Waals surface area contributed by atoms with Crippen LogP contribution in [0.1, 0.15) is 82.0 Å². The minimum Gasteiger partial charge on any atom is -0.493 e. The Balaban J connectivity index is 1.15. The van der Waals surface area contributed by atoms with E-state index in [-0.39, 0.29) is 30.4 Å². The number of nitrogens with zero attached hydrogens (tertiary/aromatic N) is 1. The Morgan fingerprint density at radius 2 is 1.59 bits per heavy atom. The van der Waals surface area contributed by atoms with E-state index < -0.39 is 18.3 Å². The zero-order chi connectivity index (χ0) is 35.0. The number of alkyl halides is 3. The molecule has 0 saturated carbocycles. The van der Waals surface area contributed by atoms with Crippen LogP contribution in [0.2, 0.25) is 0 Å². The first-order valence-corrected chi connectivity index (χ1v) is 17.0. The van der Waals surface area contributed by atoms with Gasteiger partial charge in [-0.3, -0.25) is 9.69 Å². The number of fused-ring (bicyclic) bond motifs is 2. The Morgan fingerprint density at radius 3 is 2.27 bits per heavy atom. The number of urea groups is 1. The van der Waals surface area contributed by atoms with Gasteiger partial charge in [-0.2, -0.15) is 13.2 Å². The highest BCUT2D eigenvalue weighted by molar-refractivity contribution is 6.04. The highest BCUT2D eigenvalue weighted by atomic mass is 19.4. The lowest BCUT2D eigenvalue weighted by Gasteiger charge is -2.44. The standard InChI is InChI=1S/C37H45F3N4O5/c1-4-26(5-2)42-35(46)43-28-13-18-32(33(24-28)47-3)48-30-16-11-27(12-17-30)41-34(45)25-9-14-31(15-10-25)49-36-20-6-8-29(19-22-36)44(36)23-7-21-37(38,39)40/h9-18,24,26,29H,4-8,19-23H2,1-3H3,(H,41,45)(H2,42,43,46). The van der Waals surface area contributed by atoms with Crippen LogP contribution in [0.15, 0.2) is 66.7 Å². The lowest BCUT2D eigenvalue weighted by Crippen LogP contribution is -2.54. The van der Waals surface area contributed by atoms with Crippen LogP contribution < -0.4 is 30.2 Å². The number of piperidine rings is 1. The average Bonchev–Trinajstić information content (AvgIpc) is 3.25. The average molecular weight is 683 g/mol. The highest BCUT2D eigenvalue weighted by Crippen LogP contribution is 2.45. The molecule has 2 unspecified atom stereocenters. The summed E-state index contributed by atoms with van der Waals surface area (Å²) >= 11 is 0. The SMILES string of the molecule is CCC(CC)NC(=O)Nc1ccc(Oc2ccc(NC(=O)c3ccc(OC45CCCC(CC4)N5CCCC(F)(F)F)cc3)cc2)c(OC)c1. The van der Waals surface area contributed by atoms with Crippen molar-refractivity contribution in [3.05, 3.63) is 72.3 Å². The molecule has 2 fully saturated rings. The summed E-state index contributed by atoms with van der Waals surface area (Å²) in [5, 5.41) is 8.63. The molecule has 12 heteroatoms. The van der Waals surface area contributed by atoms with Gasteiger partial charge in [0.25, 0.3) is 5.91 Å². The van der Waals surface area contributed by atoms with Gasteiger partial charge in [-0.25, -0.2) is 4.79 Å². The summed E-state index contributed by atoms with van der Waals surface area (Å²) in [7, 11) is 1.52. The molecule has 2 heterocycles. The number of hydrogen-bond acceptors (Lipinski definition) is 6. The summed E-state index contributed by atoms with van der Waals surface area (Å²) in [5.41, 5.74) is 0.967. The number of anilines is 2. The highest BCUT2D eigenvalue weighted by Gasteiger charge is 2.50. The lowest BCUT2D eigenvalue weighted by atomic mass is 9.98. The van der Waals surface area contributed by atoms with Gasteiger partial charge in [0.15, 0.2) is 17.2 Å². The first kappa shape index (κ1) is 35.8. The third kappa shape index (κ3) is 9.38. The van der Waals surface area contributed by atoms with E-state index in [9.17, 15) is 22.8 Å². The summed E-state index contributed by atoms with van der Waals surface area (Å²) in [4.78, 5) is 27.5. The van der Waals surface area contributed by atoms with E-state index in [1.54, 1.807) is 66.7 Å². The van der Waals surface area contributed by atoms with E-state index in [1.807, 2.05) is 13.8 Å². The summed E-state index contributed by atoms with van der Waals surface area (Å²) in [6, 6.07) is 18.9. The maximum Gasteiger partial charge on any atom is 0.389 e. The second-order valence-corrected chi connectivity index (χ2v) is 12.6. The maximum absolute atomic E-state index is 13.0. The molecule has 5 rings (SSSR count). The van der Waals surface area contributed by atoms with Crippen molar-refractivity contribution in [1.82, 2.24) is 10.2 Å². The normalized spacial score (nSPS) is 19.0. The van der Waals surface area contributed by atoms with Gasteiger partial charge in [-0.1, -0.05) is 13.8 Å². The van der Waals surface area contributed by atoms with Crippen molar-refractivity contribution >= 4 is 23.3 Å². The smallest absolute Gasteiger partial charge is 0.389 e. The Labute approximate surface area is 285 Å². The van der Waals surface area contributed by atoms with Crippen molar-refractivity contribution in [2.24, 2.45) is 0 Å². The number of methoxy groups -OCH3 is 1. The van der Waals surface area contributed by atoms with Gasteiger partial charge in [0.1, 0.15) is 11.5 Å². The number of hydrogen-bond donors (Lipinski definition) is 3. The Morgan fingerprint density at radius 1 is 0.898 bits per heavy atom. The van der Waals surface area contributed by atoms with E-state index in [1.165, 1.54) is 7.11 Å². The Hall–Kier alpha value is -4.45. The van der Waals surface area contributed by atoms with Gasteiger partial charge in [-0.05, 0) is 99.2 Å². The quantitative estimate of drug-likeness (QED) is 0.157. The molecule has 3 aromatic rings. The number of rotatable bonds is 14. The van der Waals surface area contributed by atoms with Crippen LogP contribution >= 0.6 is 0 Å². The van der Waals surface area contributed by atoms with Crippen LogP contribution in [0.3, 0.4) is 0 Å². The van der Waals surface area contributed by atoms with Crippen LogP contribution in [0, 0.1) is 0 Å². The summed E-state index contributed by atoms with van der Waals surface area (Å²) < 4.78 is 56.4. The van der Waals surface area contributed by atoms with E-state index >= 15 is 0 Å². The fourth-order valence-electron chi connectivity index (χ4n) is 6.71. The molecule has 3 N–H and O–H groups in total. The van der Waals surface area contributed by atoms with E-state index in [2.05, 4.69) is 20.9 Å². The molecule has 0 aliphatic carbocycles.